The van der Waals surface area contributed by atoms with E-state index in [1.54, 1.807) is 7.11 Å². The topological polar surface area (TPSA) is 80.5 Å². The van der Waals surface area contributed by atoms with Gasteiger partial charge in [0.1, 0.15) is 11.8 Å². The van der Waals surface area contributed by atoms with E-state index in [4.69, 9.17) is 9.26 Å². The molecule has 7 nitrogen and oxygen atoms in total. The third kappa shape index (κ3) is 3.76. The molecule has 4 rings (SSSR count). The van der Waals surface area contributed by atoms with Gasteiger partial charge in [-0.2, -0.15) is 4.98 Å². The molecule has 1 aromatic carbocycles. The number of hydrogen-bond acceptors (Lipinski definition) is 6. The predicted octanol–water partition coefficient (Wildman–Crippen LogP) is 3.03. The second kappa shape index (κ2) is 7.91. The number of likely N-dealkylation sites (tertiary alicyclic amines) is 1. The lowest BCUT2D eigenvalue weighted by atomic mass is 9.95. The van der Waals surface area contributed by atoms with Crippen LogP contribution in [-0.2, 0) is 11.3 Å². The fourth-order valence-electron chi connectivity index (χ4n) is 4.19. The van der Waals surface area contributed by atoms with Gasteiger partial charge in [-0.25, -0.2) is 0 Å². The van der Waals surface area contributed by atoms with Crippen molar-refractivity contribution in [2.75, 3.05) is 20.2 Å². The van der Waals surface area contributed by atoms with E-state index < -0.39 is 0 Å². The number of hydrogen-bond donors (Lipinski definition) is 1. The Labute approximate surface area is 165 Å². The third-order valence-electron chi connectivity index (χ3n) is 6.17. The fourth-order valence-corrected chi connectivity index (χ4v) is 4.19. The SMILES string of the molecule is COc1ccc(CN2CCC(c3noc(C4CCC(=O)N4)n3)CC2)c(C)c1C. The quantitative estimate of drug-likeness (QED) is 0.853. The largest absolute Gasteiger partial charge is 0.496 e. The molecule has 2 aromatic rings. The summed E-state index contributed by atoms with van der Waals surface area (Å²) in [4.78, 5) is 18.5. The third-order valence-corrected chi connectivity index (χ3v) is 6.17. The molecule has 7 heteroatoms. The van der Waals surface area contributed by atoms with E-state index in [1.165, 1.54) is 16.7 Å². The molecule has 150 valence electrons. The van der Waals surface area contributed by atoms with Crippen LogP contribution in [-0.4, -0.2) is 41.1 Å². The van der Waals surface area contributed by atoms with Crippen molar-refractivity contribution in [2.45, 2.75) is 58.0 Å². The number of ether oxygens (including phenoxy) is 1. The molecule has 1 atom stereocenters. The molecule has 0 radical (unpaired) electrons. The zero-order valence-corrected chi connectivity index (χ0v) is 16.8. The monoisotopic (exact) mass is 384 g/mol. The van der Waals surface area contributed by atoms with Crippen molar-refractivity contribution in [1.29, 1.82) is 0 Å². The Kier molecular flexibility index (Phi) is 5.35. The van der Waals surface area contributed by atoms with Crippen molar-refractivity contribution < 1.29 is 14.1 Å². The Morgan fingerprint density at radius 2 is 2.00 bits per heavy atom. The summed E-state index contributed by atoms with van der Waals surface area (Å²) in [6, 6.07) is 4.12. The number of piperidine rings is 1. The number of nitrogens with one attached hydrogen (secondary N) is 1. The van der Waals surface area contributed by atoms with E-state index in [-0.39, 0.29) is 11.9 Å². The lowest BCUT2D eigenvalue weighted by Crippen LogP contribution is -2.33. The smallest absolute Gasteiger partial charge is 0.249 e. The average molecular weight is 384 g/mol. The first kappa shape index (κ1) is 18.9. The van der Waals surface area contributed by atoms with Crippen molar-refractivity contribution in [1.82, 2.24) is 20.4 Å². The summed E-state index contributed by atoms with van der Waals surface area (Å²) in [6.07, 6.45) is 3.30. The van der Waals surface area contributed by atoms with E-state index >= 15 is 0 Å². The molecule has 1 N–H and O–H groups in total. The normalized spacial score (nSPS) is 21.1. The van der Waals surface area contributed by atoms with E-state index in [0.29, 0.717) is 18.2 Å². The molecule has 2 aliphatic rings. The van der Waals surface area contributed by atoms with E-state index in [9.17, 15) is 4.79 Å². The zero-order valence-electron chi connectivity index (χ0n) is 16.8. The fraction of sp³-hybridized carbons (Fsp3) is 0.571. The van der Waals surface area contributed by atoms with Gasteiger partial charge in [0.25, 0.3) is 0 Å². The number of benzene rings is 1. The van der Waals surface area contributed by atoms with Crippen molar-refractivity contribution >= 4 is 5.91 Å². The number of amides is 1. The van der Waals surface area contributed by atoms with Gasteiger partial charge in [0.15, 0.2) is 5.82 Å². The van der Waals surface area contributed by atoms with Gasteiger partial charge in [-0.05, 0) is 69.0 Å². The van der Waals surface area contributed by atoms with Crippen LogP contribution in [0.25, 0.3) is 0 Å². The summed E-state index contributed by atoms with van der Waals surface area (Å²) < 4.78 is 10.8. The number of aromatic nitrogens is 2. The highest BCUT2D eigenvalue weighted by Crippen LogP contribution is 2.30. The van der Waals surface area contributed by atoms with Gasteiger partial charge < -0.3 is 14.6 Å². The predicted molar refractivity (Wildman–Crippen MR) is 104 cm³/mol. The summed E-state index contributed by atoms with van der Waals surface area (Å²) in [5, 5.41) is 7.08. The maximum Gasteiger partial charge on any atom is 0.249 e. The highest BCUT2D eigenvalue weighted by atomic mass is 16.5. The van der Waals surface area contributed by atoms with Crippen LogP contribution in [0.2, 0.25) is 0 Å². The van der Waals surface area contributed by atoms with Gasteiger partial charge in [0.05, 0.1) is 7.11 Å². The minimum absolute atomic E-state index is 0.0575. The molecule has 28 heavy (non-hydrogen) atoms. The summed E-state index contributed by atoms with van der Waals surface area (Å²) in [6.45, 7) is 7.26. The second-order valence-corrected chi connectivity index (χ2v) is 7.88. The van der Waals surface area contributed by atoms with Crippen molar-refractivity contribution in [3.8, 4) is 5.75 Å². The molecule has 1 aromatic heterocycles. The first-order valence-corrected chi connectivity index (χ1v) is 10.0. The van der Waals surface area contributed by atoms with E-state index in [0.717, 1.165) is 50.5 Å². The van der Waals surface area contributed by atoms with Crippen molar-refractivity contribution in [3.05, 3.63) is 40.5 Å². The number of methoxy groups -OCH3 is 1. The molecule has 1 amide bonds. The van der Waals surface area contributed by atoms with Crippen LogP contribution < -0.4 is 10.1 Å². The van der Waals surface area contributed by atoms with Crippen LogP contribution in [0.5, 0.6) is 5.75 Å². The average Bonchev–Trinajstić information content (AvgIpc) is 3.35. The van der Waals surface area contributed by atoms with Gasteiger partial charge in [-0.3, -0.25) is 9.69 Å². The maximum absolute atomic E-state index is 11.4. The standard InChI is InChI=1S/C21H28N4O3/c1-13-14(2)18(27-3)6-4-16(13)12-25-10-8-15(9-11-25)20-23-21(28-24-20)17-5-7-19(26)22-17/h4,6,15,17H,5,7-12H2,1-3H3,(H,22,26). The Morgan fingerprint density at radius 1 is 1.21 bits per heavy atom. The first-order valence-electron chi connectivity index (χ1n) is 10.0. The lowest BCUT2D eigenvalue weighted by Gasteiger charge is -2.31. The molecule has 2 fully saturated rings. The van der Waals surface area contributed by atoms with Gasteiger partial charge in [-0.15, -0.1) is 0 Å². The minimum Gasteiger partial charge on any atom is -0.496 e. The van der Waals surface area contributed by atoms with Crippen LogP contribution >= 0.6 is 0 Å². The number of carbonyl (C=O) groups excluding carboxylic acids is 1. The van der Waals surface area contributed by atoms with Crippen molar-refractivity contribution in [2.24, 2.45) is 0 Å². The molecule has 0 aliphatic carbocycles. The molecule has 1 unspecified atom stereocenters. The van der Waals surface area contributed by atoms with Crippen LogP contribution in [0.4, 0.5) is 0 Å². The Bertz CT molecular complexity index is 855. The summed E-state index contributed by atoms with van der Waals surface area (Å²) in [5.74, 6) is 2.66. The van der Waals surface area contributed by atoms with Crippen LogP contribution in [0, 0.1) is 13.8 Å². The van der Waals surface area contributed by atoms with Gasteiger partial charge in [-0.1, -0.05) is 11.2 Å². The van der Waals surface area contributed by atoms with Crippen LogP contribution in [0.3, 0.4) is 0 Å². The molecule has 0 saturated carbocycles. The van der Waals surface area contributed by atoms with Gasteiger partial charge in [0, 0.05) is 18.9 Å². The lowest BCUT2D eigenvalue weighted by molar-refractivity contribution is -0.119. The summed E-state index contributed by atoms with van der Waals surface area (Å²) in [5.41, 5.74) is 3.88. The number of rotatable bonds is 5. The van der Waals surface area contributed by atoms with Crippen LogP contribution in [0.15, 0.2) is 16.7 Å². The molecule has 2 aliphatic heterocycles. The molecular weight excluding hydrogens is 356 g/mol. The number of carbonyl (C=O) groups is 1. The Balaban J connectivity index is 1.34. The maximum atomic E-state index is 11.4. The minimum atomic E-state index is -0.116. The van der Waals surface area contributed by atoms with E-state index in [2.05, 4.69) is 46.3 Å². The van der Waals surface area contributed by atoms with E-state index in [1.807, 2.05) is 0 Å². The highest BCUT2D eigenvalue weighted by Gasteiger charge is 2.30. The molecule has 2 saturated heterocycles. The summed E-state index contributed by atoms with van der Waals surface area (Å²) >= 11 is 0. The molecule has 3 heterocycles. The Morgan fingerprint density at radius 3 is 2.68 bits per heavy atom. The van der Waals surface area contributed by atoms with Gasteiger partial charge in [0.2, 0.25) is 11.8 Å². The molecule has 0 bridgehead atoms. The van der Waals surface area contributed by atoms with Crippen molar-refractivity contribution in [3.63, 3.8) is 0 Å². The molecular formula is C21H28N4O3. The first-order chi connectivity index (χ1) is 13.5. The highest BCUT2D eigenvalue weighted by molar-refractivity contribution is 5.78. The molecule has 0 spiro atoms. The number of nitrogens with zero attached hydrogens (tertiary/aromatic N) is 3. The second-order valence-electron chi connectivity index (χ2n) is 7.88. The summed E-state index contributed by atoms with van der Waals surface area (Å²) in [7, 11) is 1.72. The van der Waals surface area contributed by atoms with Crippen LogP contribution in [0.1, 0.15) is 66.0 Å². The van der Waals surface area contributed by atoms with Gasteiger partial charge >= 0.3 is 0 Å². The Hall–Kier alpha value is -2.41. The zero-order chi connectivity index (χ0) is 19.7.